The molecule has 6 nitrogen and oxygen atoms in total. The maximum Gasteiger partial charge on any atom is 0.306 e. The molecule has 170 valence electrons. The predicted molar refractivity (Wildman–Crippen MR) is 114 cm³/mol. The summed E-state index contributed by atoms with van der Waals surface area (Å²) in [6, 6.07) is -1.15. The summed E-state index contributed by atoms with van der Waals surface area (Å²) in [6.45, 7) is 4.87. The second-order valence-corrected chi connectivity index (χ2v) is 9.50. The number of aliphatic hydroxyl groups is 2. The molecule has 0 radical (unpaired) electrons. The zero-order valence-electron chi connectivity index (χ0n) is 24.4. The minimum atomic E-state index is -2.73. The predicted octanol–water partition coefficient (Wildman–Crippen LogP) is 2.76. The molecule has 0 bridgehead atoms. The Bertz CT molecular complexity index is 1150. The maximum atomic E-state index is 13.3. The zero-order chi connectivity index (χ0) is 28.1. The van der Waals surface area contributed by atoms with Crippen molar-refractivity contribution >= 4 is 17.5 Å². The number of fused-ring (bicyclic) bond motifs is 5. The Morgan fingerprint density at radius 2 is 2.13 bits per heavy atom. The van der Waals surface area contributed by atoms with Gasteiger partial charge in [-0.3, -0.25) is 14.4 Å². The van der Waals surface area contributed by atoms with E-state index >= 15 is 0 Å². The molecular formula is C25H34O6. The SMILES string of the molecule is [2H]C1=C[C@@]2(C)C(=C([2H])C1=O)[C@@]([2H])(C)CC1C3CC[C@](OC(=O)CC)(C(=O)CO)[C@@]3(C)C([2H])([2H])C(O)[C@@]12[2H]. The number of ether oxygens (including phenoxy) is 1. The number of ketones is 2. The first-order chi connectivity index (χ1) is 16.8. The van der Waals surface area contributed by atoms with Crippen molar-refractivity contribution in [3.05, 3.63) is 23.8 Å². The smallest absolute Gasteiger partial charge is 0.306 e. The summed E-state index contributed by atoms with van der Waals surface area (Å²) in [4.78, 5) is 38.3. The van der Waals surface area contributed by atoms with Gasteiger partial charge in [0.05, 0.1) is 8.85 Å². The highest BCUT2D eigenvalue weighted by atomic mass is 16.6. The lowest BCUT2D eigenvalue weighted by atomic mass is 9.44. The van der Waals surface area contributed by atoms with Crippen LogP contribution in [-0.2, 0) is 19.1 Å². The lowest BCUT2D eigenvalue weighted by molar-refractivity contribution is -0.201. The van der Waals surface area contributed by atoms with Crippen molar-refractivity contribution in [1.82, 2.24) is 0 Å². The van der Waals surface area contributed by atoms with Crippen molar-refractivity contribution in [1.29, 1.82) is 0 Å². The van der Waals surface area contributed by atoms with Crippen LogP contribution in [0.1, 0.15) is 68.0 Å². The van der Waals surface area contributed by atoms with Gasteiger partial charge in [0.2, 0.25) is 5.78 Å². The molecule has 4 aliphatic carbocycles. The van der Waals surface area contributed by atoms with E-state index in [2.05, 4.69) is 0 Å². The van der Waals surface area contributed by atoms with Crippen LogP contribution >= 0.6 is 0 Å². The monoisotopic (exact) mass is 436 g/mol. The molecule has 4 aliphatic rings. The number of aliphatic hydroxyl groups excluding tert-OH is 2. The number of hydrogen-bond donors (Lipinski definition) is 2. The Kier molecular flexibility index (Phi) is 3.79. The van der Waals surface area contributed by atoms with Gasteiger partial charge in [0.25, 0.3) is 0 Å². The fraction of sp³-hybridized carbons (Fsp3) is 0.720. The van der Waals surface area contributed by atoms with Gasteiger partial charge in [-0.2, -0.15) is 0 Å². The molecule has 0 saturated heterocycles. The fourth-order valence-corrected chi connectivity index (χ4v) is 6.54. The summed E-state index contributed by atoms with van der Waals surface area (Å²) in [6.07, 6.45) is -3.94. The van der Waals surface area contributed by atoms with Crippen LogP contribution in [0.2, 0.25) is 0 Å². The van der Waals surface area contributed by atoms with Gasteiger partial charge < -0.3 is 14.9 Å². The molecule has 0 aromatic carbocycles. The van der Waals surface area contributed by atoms with Crippen LogP contribution in [0.4, 0.5) is 0 Å². The van der Waals surface area contributed by atoms with E-state index in [9.17, 15) is 28.7 Å². The summed E-state index contributed by atoms with van der Waals surface area (Å²) in [5.74, 6) is -8.05. The normalized spacial score (nSPS) is 55.7. The fourth-order valence-electron chi connectivity index (χ4n) is 6.54. The molecule has 3 fully saturated rings. The summed E-state index contributed by atoms with van der Waals surface area (Å²) in [5, 5.41) is 21.6. The summed E-state index contributed by atoms with van der Waals surface area (Å²) < 4.78 is 59.5. The molecule has 0 aromatic rings. The van der Waals surface area contributed by atoms with Gasteiger partial charge in [0.15, 0.2) is 11.4 Å². The van der Waals surface area contributed by atoms with Crippen molar-refractivity contribution in [2.24, 2.45) is 34.5 Å². The minimum absolute atomic E-state index is 0.0428. The number of carbonyl (C=O) groups excluding carboxylic acids is 3. The quantitative estimate of drug-likeness (QED) is 0.657. The van der Waals surface area contributed by atoms with Crippen LogP contribution in [0.25, 0.3) is 0 Å². The van der Waals surface area contributed by atoms with Crippen molar-refractivity contribution in [2.75, 3.05) is 6.61 Å². The molecule has 3 unspecified atom stereocenters. The molecule has 0 spiro atoms. The number of esters is 1. The van der Waals surface area contributed by atoms with E-state index in [0.29, 0.717) is 0 Å². The van der Waals surface area contributed by atoms with E-state index in [4.69, 9.17) is 8.85 Å². The molecule has 0 aliphatic heterocycles. The highest BCUT2D eigenvalue weighted by Crippen LogP contribution is 2.68. The van der Waals surface area contributed by atoms with Crippen LogP contribution in [0.15, 0.2) is 23.8 Å². The van der Waals surface area contributed by atoms with E-state index in [1.807, 2.05) is 0 Å². The number of Topliss-reactive ketones (excluding diaryl/α,β-unsaturated/α-hetero) is 1. The average Bonchev–Trinajstić information content (AvgIpc) is 3.12. The van der Waals surface area contributed by atoms with Crippen LogP contribution in [-0.4, -0.2) is 46.1 Å². The Morgan fingerprint density at radius 3 is 2.77 bits per heavy atom. The molecule has 2 N–H and O–H groups in total. The third-order valence-electron chi connectivity index (χ3n) is 7.98. The second-order valence-electron chi connectivity index (χ2n) is 9.50. The lowest BCUT2D eigenvalue weighted by Crippen LogP contribution is -2.63. The zero-order valence-corrected chi connectivity index (χ0v) is 18.4. The van der Waals surface area contributed by atoms with Gasteiger partial charge in [0.1, 0.15) is 6.61 Å². The largest absolute Gasteiger partial charge is 0.450 e. The van der Waals surface area contributed by atoms with Crippen molar-refractivity contribution < 1.29 is 37.6 Å². The summed E-state index contributed by atoms with van der Waals surface area (Å²) >= 11 is 0. The third-order valence-corrected chi connectivity index (χ3v) is 7.98. The van der Waals surface area contributed by atoms with Gasteiger partial charge in [0, 0.05) is 28.6 Å². The molecule has 0 aromatic heterocycles. The minimum Gasteiger partial charge on any atom is -0.450 e. The first kappa shape index (κ1) is 15.9. The van der Waals surface area contributed by atoms with E-state index in [-0.39, 0.29) is 31.3 Å². The van der Waals surface area contributed by atoms with Gasteiger partial charge in [-0.1, -0.05) is 39.3 Å². The highest BCUT2D eigenvalue weighted by Gasteiger charge is 2.70. The van der Waals surface area contributed by atoms with Gasteiger partial charge in [-0.25, -0.2) is 0 Å². The maximum absolute atomic E-state index is 13.3. The van der Waals surface area contributed by atoms with Crippen molar-refractivity contribution in [2.45, 2.75) is 71.5 Å². The molecule has 31 heavy (non-hydrogen) atoms. The van der Waals surface area contributed by atoms with E-state index < -0.39 is 88.8 Å². The Morgan fingerprint density at radius 1 is 1.42 bits per heavy atom. The summed E-state index contributed by atoms with van der Waals surface area (Å²) in [7, 11) is 0. The molecule has 0 heterocycles. The van der Waals surface area contributed by atoms with E-state index in [1.54, 1.807) is 0 Å². The van der Waals surface area contributed by atoms with Crippen LogP contribution in [0.5, 0.6) is 0 Å². The van der Waals surface area contributed by atoms with Gasteiger partial charge in [-0.15, -0.1) is 0 Å². The molecule has 6 heteroatoms. The van der Waals surface area contributed by atoms with Crippen LogP contribution < -0.4 is 0 Å². The number of carbonyl (C=O) groups is 3. The molecule has 4 rings (SSSR count). The van der Waals surface area contributed by atoms with Crippen LogP contribution in [0, 0.1) is 34.5 Å². The van der Waals surface area contributed by atoms with E-state index in [1.165, 1.54) is 27.7 Å². The first-order valence-corrected chi connectivity index (χ1v) is 10.8. The summed E-state index contributed by atoms with van der Waals surface area (Å²) in [5.41, 5.74) is -5.72. The lowest BCUT2D eigenvalue weighted by Gasteiger charge is -2.61. The van der Waals surface area contributed by atoms with Gasteiger partial charge >= 0.3 is 5.97 Å². The number of rotatable bonds is 4. The molecule has 0 amide bonds. The Hall–Kier alpha value is -1.79. The first-order valence-electron chi connectivity index (χ1n) is 13.8. The van der Waals surface area contributed by atoms with Crippen LogP contribution in [0.3, 0.4) is 0 Å². The standard InChI is InChI=1S/C25H34O6/c1-5-21(30)31-25(20(29)13-26)9-7-17-16-10-14(2)18-11-15(27)6-8-23(18,3)22(16)19(28)12-24(17,25)4/h6,8,11,14,16-17,19,22,26,28H,5,7,9-10,12-13H2,1-4H3/t14-,16?,17?,19?,22+,23-,24-,25-/m0/s1/i6D,11D,12D2,14D,22D. The van der Waals surface area contributed by atoms with Gasteiger partial charge in [-0.05, 0) is 55.5 Å². The second kappa shape index (κ2) is 7.38. The molecule has 3 saturated carbocycles. The third kappa shape index (κ3) is 2.94. The number of hydrogen-bond acceptors (Lipinski definition) is 6. The average molecular weight is 437 g/mol. The molecular weight excluding hydrogens is 396 g/mol. The Balaban J connectivity index is 2.02. The van der Waals surface area contributed by atoms with Crippen molar-refractivity contribution in [3.8, 4) is 0 Å². The topological polar surface area (TPSA) is 101 Å². The Labute approximate surface area is 192 Å². The number of allylic oxidation sites excluding steroid dienone is 4. The highest BCUT2D eigenvalue weighted by molar-refractivity contribution is 6.01. The molecule has 8 atom stereocenters. The van der Waals surface area contributed by atoms with E-state index in [0.717, 1.165) is 6.08 Å². The van der Waals surface area contributed by atoms with Crippen molar-refractivity contribution in [3.63, 3.8) is 0 Å².